The Morgan fingerprint density at radius 2 is 2.18 bits per heavy atom. The van der Waals surface area contributed by atoms with Crippen molar-refractivity contribution < 1.29 is 19.4 Å². The first-order valence-electron chi connectivity index (χ1n) is 7.07. The van der Waals surface area contributed by atoms with Crippen LogP contribution in [0, 0.1) is 5.92 Å². The number of hydrogen-bond acceptors (Lipinski definition) is 6. The van der Waals surface area contributed by atoms with E-state index in [0.717, 1.165) is 0 Å². The van der Waals surface area contributed by atoms with E-state index in [1.807, 2.05) is 0 Å². The van der Waals surface area contributed by atoms with Gasteiger partial charge in [0, 0.05) is 18.9 Å². The first-order valence-corrected chi connectivity index (χ1v) is 7.07. The Balaban J connectivity index is 2.09. The van der Waals surface area contributed by atoms with E-state index in [9.17, 15) is 14.7 Å². The molecule has 1 aliphatic heterocycles. The summed E-state index contributed by atoms with van der Waals surface area (Å²) in [6.45, 7) is 5.59. The van der Waals surface area contributed by atoms with Crippen molar-refractivity contribution in [3.05, 3.63) is 30.1 Å². The molecule has 1 aliphatic rings. The average molecular weight is 307 g/mol. The summed E-state index contributed by atoms with van der Waals surface area (Å²) < 4.78 is 5.30. The number of esters is 1. The number of nitrogens with zero attached hydrogens (tertiary/aromatic N) is 2. The average Bonchev–Trinajstić information content (AvgIpc) is 2.40. The zero-order valence-electron chi connectivity index (χ0n) is 12.9. The van der Waals surface area contributed by atoms with Gasteiger partial charge in [0.15, 0.2) is 0 Å². The van der Waals surface area contributed by atoms with Crippen molar-refractivity contribution in [2.24, 2.45) is 11.7 Å². The van der Waals surface area contributed by atoms with Gasteiger partial charge in [-0.05, 0) is 32.4 Å². The van der Waals surface area contributed by atoms with Crippen molar-refractivity contribution in [1.29, 1.82) is 0 Å². The molecule has 2 heterocycles. The number of nitrogens with two attached hydrogens (primary N) is 1. The number of hydrogen-bond donors (Lipinski definition) is 2. The van der Waals surface area contributed by atoms with Gasteiger partial charge in [-0.2, -0.15) is 0 Å². The minimum absolute atomic E-state index is 0.252. The van der Waals surface area contributed by atoms with Gasteiger partial charge in [-0.15, -0.1) is 0 Å². The number of aromatic nitrogens is 1. The zero-order chi connectivity index (χ0) is 16.5. The van der Waals surface area contributed by atoms with E-state index in [-0.39, 0.29) is 6.54 Å². The third-order valence-corrected chi connectivity index (χ3v) is 3.48. The van der Waals surface area contributed by atoms with E-state index < -0.39 is 35.7 Å². The van der Waals surface area contributed by atoms with Crippen molar-refractivity contribution in [3.63, 3.8) is 0 Å². The lowest BCUT2D eigenvalue weighted by molar-refractivity contribution is -0.176. The Morgan fingerprint density at radius 1 is 1.50 bits per heavy atom. The molecular formula is C15H21N3O4. The molecule has 0 bridgehead atoms. The summed E-state index contributed by atoms with van der Waals surface area (Å²) in [5.74, 6) is -1.93. The molecule has 3 N–H and O–H groups in total. The second-order valence-electron chi connectivity index (χ2n) is 6.35. The highest BCUT2D eigenvalue weighted by Crippen LogP contribution is 2.33. The van der Waals surface area contributed by atoms with Crippen LogP contribution < -0.4 is 5.73 Å². The summed E-state index contributed by atoms with van der Waals surface area (Å²) in [5.41, 5.74) is 5.95. The molecule has 1 aromatic heterocycles. The van der Waals surface area contributed by atoms with Crippen molar-refractivity contribution in [3.8, 4) is 0 Å². The minimum atomic E-state index is -1.02. The lowest BCUT2D eigenvalue weighted by atomic mass is 9.91. The van der Waals surface area contributed by atoms with Crippen molar-refractivity contribution >= 4 is 11.9 Å². The maximum atomic E-state index is 12.0. The number of likely N-dealkylation sites (tertiary alicyclic amines) is 1. The molecule has 3 atom stereocenters. The summed E-state index contributed by atoms with van der Waals surface area (Å²) in [7, 11) is 0. The van der Waals surface area contributed by atoms with Crippen LogP contribution in [0.5, 0.6) is 0 Å². The molecule has 0 radical (unpaired) electrons. The molecule has 0 amide bonds. The van der Waals surface area contributed by atoms with E-state index in [2.05, 4.69) is 4.98 Å². The van der Waals surface area contributed by atoms with Crippen molar-refractivity contribution in [2.75, 3.05) is 6.54 Å². The lowest BCUT2D eigenvalue weighted by Crippen LogP contribution is -2.66. The molecule has 120 valence electrons. The Labute approximate surface area is 129 Å². The number of carbonyl (C=O) groups is 2. The molecule has 0 aliphatic carbocycles. The second-order valence-corrected chi connectivity index (χ2v) is 6.35. The number of ether oxygens (including phenoxy) is 1. The monoisotopic (exact) mass is 307 g/mol. The van der Waals surface area contributed by atoms with Crippen LogP contribution in [0.2, 0.25) is 0 Å². The Hall–Kier alpha value is -1.99. The van der Waals surface area contributed by atoms with Crippen LogP contribution in [0.25, 0.3) is 0 Å². The van der Waals surface area contributed by atoms with Crippen LogP contribution in [-0.2, 0) is 14.3 Å². The van der Waals surface area contributed by atoms with Gasteiger partial charge in [0.1, 0.15) is 11.6 Å². The Bertz CT molecular complexity index is 556. The van der Waals surface area contributed by atoms with E-state index in [0.29, 0.717) is 5.56 Å². The number of pyridine rings is 1. The fraction of sp³-hybridized carbons (Fsp3) is 0.533. The van der Waals surface area contributed by atoms with Crippen LogP contribution in [0.15, 0.2) is 24.5 Å². The van der Waals surface area contributed by atoms with Crippen molar-refractivity contribution in [2.45, 2.75) is 38.6 Å². The number of carboxylic acid groups (broad SMARTS) is 1. The third-order valence-electron chi connectivity index (χ3n) is 3.48. The minimum Gasteiger partial charge on any atom is -0.480 e. The summed E-state index contributed by atoms with van der Waals surface area (Å²) >= 11 is 0. The summed E-state index contributed by atoms with van der Waals surface area (Å²) in [6, 6.07) is 2.43. The Morgan fingerprint density at radius 3 is 2.64 bits per heavy atom. The normalized spacial score (nSPS) is 23.5. The first-order chi connectivity index (χ1) is 10.2. The van der Waals surface area contributed by atoms with Crippen molar-refractivity contribution in [1.82, 2.24) is 9.88 Å². The molecule has 0 unspecified atom stereocenters. The largest absolute Gasteiger partial charge is 0.480 e. The lowest BCUT2D eigenvalue weighted by Gasteiger charge is -2.47. The molecule has 7 heteroatoms. The van der Waals surface area contributed by atoms with Gasteiger partial charge >= 0.3 is 11.9 Å². The molecule has 0 aromatic carbocycles. The van der Waals surface area contributed by atoms with Gasteiger partial charge < -0.3 is 15.6 Å². The molecule has 1 aromatic rings. The molecule has 7 nitrogen and oxygen atoms in total. The smallest absolute Gasteiger partial charge is 0.325 e. The van der Waals surface area contributed by atoms with Crippen LogP contribution in [0.1, 0.15) is 32.4 Å². The van der Waals surface area contributed by atoms with Gasteiger partial charge in [-0.25, -0.2) is 0 Å². The number of carbonyl (C=O) groups excluding carboxylic acids is 1. The molecule has 1 fully saturated rings. The molecule has 2 rings (SSSR count). The highest BCUT2D eigenvalue weighted by atomic mass is 16.6. The highest BCUT2D eigenvalue weighted by molar-refractivity contribution is 5.78. The summed E-state index contributed by atoms with van der Waals surface area (Å²) in [5, 5.41) is 9.45. The van der Waals surface area contributed by atoms with E-state index in [1.54, 1.807) is 44.0 Å². The summed E-state index contributed by atoms with van der Waals surface area (Å²) in [4.78, 5) is 29.1. The van der Waals surface area contributed by atoms with Crippen LogP contribution in [0.3, 0.4) is 0 Å². The molecule has 22 heavy (non-hydrogen) atoms. The summed E-state index contributed by atoms with van der Waals surface area (Å²) in [6.07, 6.45) is 2.38. The molecular weight excluding hydrogens is 286 g/mol. The van der Waals surface area contributed by atoms with Gasteiger partial charge in [0.2, 0.25) is 0 Å². The standard InChI is InChI=1S/C15H21N3O4/c1-15(2,3)22-14(21)10-8-18(12(10)16)11(13(19)20)9-5-4-6-17-7-9/h4-7,10-12H,8,16H2,1-3H3,(H,19,20)/t10-,11+,12+/m1/s1. The van der Waals surface area contributed by atoms with Gasteiger partial charge in [0.25, 0.3) is 0 Å². The van der Waals surface area contributed by atoms with Crippen LogP contribution in [0.4, 0.5) is 0 Å². The predicted octanol–water partition coefficient (Wildman–Crippen LogP) is 0.766. The van der Waals surface area contributed by atoms with E-state index >= 15 is 0 Å². The SMILES string of the molecule is CC(C)(C)OC(=O)[C@@H]1CN([C@H](C(=O)O)c2cccnc2)[C@@H]1N. The Kier molecular flexibility index (Phi) is 4.48. The fourth-order valence-electron chi connectivity index (χ4n) is 2.43. The van der Waals surface area contributed by atoms with Crippen LogP contribution >= 0.6 is 0 Å². The zero-order valence-corrected chi connectivity index (χ0v) is 12.9. The van der Waals surface area contributed by atoms with Gasteiger partial charge in [-0.3, -0.25) is 19.5 Å². The van der Waals surface area contributed by atoms with E-state index in [1.165, 1.54) is 6.20 Å². The van der Waals surface area contributed by atoms with E-state index in [4.69, 9.17) is 10.5 Å². The van der Waals surface area contributed by atoms with Gasteiger partial charge in [0.05, 0.1) is 12.1 Å². The topological polar surface area (TPSA) is 106 Å². The quantitative estimate of drug-likeness (QED) is 0.791. The predicted molar refractivity (Wildman–Crippen MR) is 78.6 cm³/mol. The van der Waals surface area contributed by atoms with Gasteiger partial charge in [-0.1, -0.05) is 6.07 Å². The second kappa shape index (κ2) is 6.02. The molecule has 1 saturated heterocycles. The highest BCUT2D eigenvalue weighted by Gasteiger charge is 2.48. The molecule has 0 saturated carbocycles. The maximum Gasteiger partial charge on any atom is 0.325 e. The number of aliphatic carboxylic acids is 1. The van der Waals surface area contributed by atoms with Crippen LogP contribution in [-0.4, -0.2) is 45.2 Å². The number of rotatable bonds is 4. The third kappa shape index (κ3) is 3.42. The fourth-order valence-corrected chi connectivity index (χ4v) is 2.43. The number of carboxylic acids is 1. The molecule has 0 spiro atoms. The maximum absolute atomic E-state index is 12.0. The first kappa shape index (κ1) is 16.4.